The molecule has 0 heterocycles. The lowest BCUT2D eigenvalue weighted by molar-refractivity contribution is -0.123. The molecule has 0 aliphatic carbocycles. The Morgan fingerprint density at radius 3 is 2.50 bits per heavy atom. The van der Waals surface area contributed by atoms with Crippen LogP contribution in [-0.4, -0.2) is 12.5 Å². The lowest BCUT2D eigenvalue weighted by atomic mass is 9.83. The van der Waals surface area contributed by atoms with E-state index in [1.54, 1.807) is 19.9 Å². The quantitative estimate of drug-likeness (QED) is 0.867. The first-order valence-corrected chi connectivity index (χ1v) is 6.25. The van der Waals surface area contributed by atoms with E-state index in [-0.39, 0.29) is 11.4 Å². The van der Waals surface area contributed by atoms with Crippen LogP contribution >= 0.6 is 0 Å². The largest absolute Gasteiger partial charge is 0.433 e. The van der Waals surface area contributed by atoms with Crippen LogP contribution in [0.4, 0.5) is 14.5 Å². The third-order valence-corrected chi connectivity index (χ3v) is 3.21. The molecule has 6 heteroatoms. The molecule has 4 nitrogen and oxygen atoms in total. The van der Waals surface area contributed by atoms with Crippen molar-refractivity contribution in [2.75, 3.05) is 5.32 Å². The Labute approximate surface area is 116 Å². The van der Waals surface area contributed by atoms with Crippen molar-refractivity contribution in [3.63, 3.8) is 0 Å². The average molecular weight is 282 g/mol. The normalized spacial score (nSPS) is 11.0. The van der Waals surface area contributed by atoms with Crippen molar-refractivity contribution < 1.29 is 18.3 Å². The molecule has 108 valence electrons. The molecule has 0 aliphatic heterocycles. The Morgan fingerprint density at radius 1 is 1.40 bits per heavy atom. The highest BCUT2D eigenvalue weighted by Gasteiger charge is 2.35. The van der Waals surface area contributed by atoms with Crippen LogP contribution in [0.2, 0.25) is 0 Å². The number of hydrogen-bond acceptors (Lipinski definition) is 3. The van der Waals surface area contributed by atoms with Gasteiger partial charge < -0.3 is 10.1 Å². The number of hydrogen-bond donors (Lipinski definition) is 1. The number of amides is 1. The first-order valence-electron chi connectivity index (χ1n) is 6.25. The minimum atomic E-state index is -2.98. The number of benzene rings is 1. The van der Waals surface area contributed by atoms with Crippen molar-refractivity contribution in [1.29, 1.82) is 5.26 Å². The van der Waals surface area contributed by atoms with E-state index in [4.69, 9.17) is 0 Å². The molecular weight excluding hydrogens is 266 g/mol. The summed E-state index contributed by atoms with van der Waals surface area (Å²) in [5, 5.41) is 11.7. The number of para-hydroxylation sites is 2. The fraction of sp³-hybridized carbons (Fsp3) is 0.429. The standard InChI is InChI=1S/C14H16F2N2O2/c1-3-14(4-2,9-17)12(19)18-10-7-5-6-8-11(10)20-13(15)16/h5-8,13H,3-4H2,1-2H3,(H,18,19). The van der Waals surface area contributed by atoms with Crippen LogP contribution in [0, 0.1) is 16.7 Å². The van der Waals surface area contributed by atoms with Gasteiger partial charge in [0.05, 0.1) is 11.8 Å². The van der Waals surface area contributed by atoms with E-state index in [0.29, 0.717) is 12.8 Å². The highest BCUT2D eigenvalue weighted by Crippen LogP contribution is 2.31. The molecule has 1 aromatic carbocycles. The van der Waals surface area contributed by atoms with Crippen LogP contribution in [0.3, 0.4) is 0 Å². The molecule has 0 aliphatic rings. The number of halogens is 2. The second kappa shape index (κ2) is 6.85. The highest BCUT2D eigenvalue weighted by molar-refractivity contribution is 5.98. The molecule has 0 radical (unpaired) electrons. The summed E-state index contributed by atoms with van der Waals surface area (Å²) < 4.78 is 28.9. The number of nitrogens with one attached hydrogen (secondary N) is 1. The van der Waals surface area contributed by atoms with Crippen molar-refractivity contribution in [1.82, 2.24) is 0 Å². The number of carbonyl (C=O) groups excluding carboxylic acids is 1. The summed E-state index contributed by atoms with van der Waals surface area (Å²) in [6.07, 6.45) is 0.674. The van der Waals surface area contributed by atoms with E-state index in [0.717, 1.165) is 0 Å². The topological polar surface area (TPSA) is 62.1 Å². The van der Waals surface area contributed by atoms with Crippen LogP contribution in [0.5, 0.6) is 5.75 Å². The number of alkyl halides is 2. The summed E-state index contributed by atoms with van der Waals surface area (Å²) in [5.74, 6) is -0.648. The van der Waals surface area contributed by atoms with Gasteiger partial charge in [-0.15, -0.1) is 0 Å². The fourth-order valence-corrected chi connectivity index (χ4v) is 1.79. The fourth-order valence-electron chi connectivity index (χ4n) is 1.79. The van der Waals surface area contributed by atoms with Gasteiger partial charge in [0, 0.05) is 0 Å². The maximum Gasteiger partial charge on any atom is 0.387 e. The summed E-state index contributed by atoms with van der Waals surface area (Å²) in [6, 6.07) is 7.87. The molecule has 0 saturated carbocycles. The molecule has 0 saturated heterocycles. The van der Waals surface area contributed by atoms with E-state index in [2.05, 4.69) is 10.1 Å². The van der Waals surface area contributed by atoms with Gasteiger partial charge in [0.2, 0.25) is 5.91 Å². The van der Waals surface area contributed by atoms with Crippen LogP contribution in [0.25, 0.3) is 0 Å². The molecule has 1 aromatic rings. The molecule has 1 amide bonds. The molecule has 0 aromatic heterocycles. The molecule has 0 bridgehead atoms. The summed E-state index contributed by atoms with van der Waals surface area (Å²) in [6.45, 7) is 0.480. The van der Waals surface area contributed by atoms with E-state index in [9.17, 15) is 18.8 Å². The molecule has 0 spiro atoms. The zero-order chi connectivity index (χ0) is 15.2. The van der Waals surface area contributed by atoms with Crippen molar-refractivity contribution in [2.45, 2.75) is 33.3 Å². The number of carbonyl (C=O) groups is 1. The maximum absolute atomic E-state index is 12.3. The summed E-state index contributed by atoms with van der Waals surface area (Å²) in [4.78, 5) is 12.2. The minimum Gasteiger partial charge on any atom is -0.433 e. The number of ether oxygens (including phenoxy) is 1. The van der Waals surface area contributed by atoms with Crippen molar-refractivity contribution in [3.8, 4) is 11.8 Å². The molecule has 0 fully saturated rings. The lowest BCUT2D eigenvalue weighted by Gasteiger charge is -2.22. The van der Waals surface area contributed by atoms with Gasteiger partial charge in [-0.25, -0.2) is 0 Å². The van der Waals surface area contributed by atoms with Gasteiger partial charge in [-0.3, -0.25) is 4.79 Å². The molecule has 0 atom stereocenters. The van der Waals surface area contributed by atoms with Crippen molar-refractivity contribution >= 4 is 11.6 Å². The van der Waals surface area contributed by atoms with Crippen molar-refractivity contribution in [2.24, 2.45) is 5.41 Å². The Morgan fingerprint density at radius 2 is 2.00 bits per heavy atom. The number of nitriles is 1. The third kappa shape index (κ3) is 3.44. The Balaban J connectivity index is 2.99. The second-order valence-electron chi connectivity index (χ2n) is 4.23. The van der Waals surface area contributed by atoms with Gasteiger partial charge in [-0.2, -0.15) is 14.0 Å². The van der Waals surface area contributed by atoms with Gasteiger partial charge in [0.1, 0.15) is 11.2 Å². The summed E-state index contributed by atoms with van der Waals surface area (Å²) >= 11 is 0. The zero-order valence-corrected chi connectivity index (χ0v) is 11.3. The minimum absolute atomic E-state index is 0.124. The Bertz CT molecular complexity index is 508. The first kappa shape index (κ1) is 15.9. The maximum atomic E-state index is 12.3. The van der Waals surface area contributed by atoms with Gasteiger partial charge in [0.15, 0.2) is 0 Å². The first-order chi connectivity index (χ1) is 9.49. The summed E-state index contributed by atoms with van der Waals surface area (Å²) in [5.41, 5.74) is -1.04. The molecule has 1 N–H and O–H groups in total. The van der Waals surface area contributed by atoms with Gasteiger partial charge in [-0.05, 0) is 25.0 Å². The van der Waals surface area contributed by atoms with Gasteiger partial charge in [0.25, 0.3) is 0 Å². The monoisotopic (exact) mass is 282 g/mol. The van der Waals surface area contributed by atoms with E-state index in [1.165, 1.54) is 18.2 Å². The van der Waals surface area contributed by atoms with Crippen LogP contribution in [0.15, 0.2) is 24.3 Å². The SMILES string of the molecule is CCC(C#N)(CC)C(=O)Nc1ccccc1OC(F)F. The van der Waals surface area contributed by atoms with Gasteiger partial charge in [-0.1, -0.05) is 26.0 Å². The average Bonchev–Trinajstić information content (AvgIpc) is 2.43. The highest BCUT2D eigenvalue weighted by atomic mass is 19.3. The number of rotatable bonds is 6. The zero-order valence-electron chi connectivity index (χ0n) is 11.3. The summed E-state index contributed by atoms with van der Waals surface area (Å²) in [7, 11) is 0. The van der Waals surface area contributed by atoms with E-state index >= 15 is 0 Å². The van der Waals surface area contributed by atoms with E-state index < -0.39 is 17.9 Å². The molecule has 0 unspecified atom stereocenters. The van der Waals surface area contributed by atoms with E-state index in [1.807, 2.05) is 6.07 Å². The second-order valence-corrected chi connectivity index (χ2v) is 4.23. The van der Waals surface area contributed by atoms with Crippen LogP contribution in [-0.2, 0) is 4.79 Å². The Kier molecular flexibility index (Phi) is 5.44. The smallest absolute Gasteiger partial charge is 0.387 e. The van der Waals surface area contributed by atoms with Gasteiger partial charge >= 0.3 is 6.61 Å². The predicted molar refractivity (Wildman–Crippen MR) is 70.3 cm³/mol. The number of anilines is 1. The number of nitrogens with zero attached hydrogens (tertiary/aromatic N) is 1. The molecular formula is C14H16F2N2O2. The lowest BCUT2D eigenvalue weighted by Crippen LogP contribution is -2.34. The Hall–Kier alpha value is -2.16. The molecule has 1 rings (SSSR count). The third-order valence-electron chi connectivity index (χ3n) is 3.21. The predicted octanol–water partition coefficient (Wildman–Crippen LogP) is 3.56. The van der Waals surface area contributed by atoms with Crippen molar-refractivity contribution in [3.05, 3.63) is 24.3 Å². The van der Waals surface area contributed by atoms with Crippen LogP contribution in [0.1, 0.15) is 26.7 Å². The van der Waals surface area contributed by atoms with Crippen LogP contribution < -0.4 is 10.1 Å². The molecule has 20 heavy (non-hydrogen) atoms.